The van der Waals surface area contributed by atoms with E-state index in [9.17, 15) is 9.59 Å². The van der Waals surface area contributed by atoms with Crippen LogP contribution >= 0.6 is 11.8 Å². The maximum atomic E-state index is 12.5. The van der Waals surface area contributed by atoms with Gasteiger partial charge in [-0.1, -0.05) is 0 Å². The number of esters is 1. The van der Waals surface area contributed by atoms with Crippen molar-refractivity contribution >= 4 is 29.3 Å². The van der Waals surface area contributed by atoms with E-state index in [1.54, 1.807) is 22.7 Å². The highest BCUT2D eigenvalue weighted by molar-refractivity contribution is 8.01. The van der Waals surface area contributed by atoms with Crippen LogP contribution in [0.25, 0.3) is 0 Å². The molecule has 1 aliphatic heterocycles. The predicted octanol–water partition coefficient (Wildman–Crippen LogP) is 1.99. The molecule has 7 heteroatoms. The lowest BCUT2D eigenvalue weighted by molar-refractivity contribution is -0.153. The number of ether oxygens (including phenoxy) is 1. The molecule has 0 aliphatic carbocycles. The zero-order valence-corrected chi connectivity index (χ0v) is 14.5. The Morgan fingerprint density at radius 1 is 1.50 bits per heavy atom. The molecule has 122 valence electrons. The number of anilines is 1. The predicted molar refractivity (Wildman–Crippen MR) is 86.9 cm³/mol. The highest BCUT2D eigenvalue weighted by Crippen LogP contribution is 2.31. The van der Waals surface area contributed by atoms with E-state index in [1.807, 2.05) is 34.0 Å². The van der Waals surface area contributed by atoms with Crippen LogP contribution in [0.3, 0.4) is 0 Å². The van der Waals surface area contributed by atoms with Gasteiger partial charge in [0.05, 0.1) is 17.1 Å². The molecule has 22 heavy (non-hydrogen) atoms. The Kier molecular flexibility index (Phi) is 4.84. The minimum atomic E-state index is -0.507. The topological polar surface area (TPSA) is 64.4 Å². The Morgan fingerprint density at radius 3 is 2.73 bits per heavy atom. The van der Waals surface area contributed by atoms with Gasteiger partial charge in [-0.2, -0.15) is 5.10 Å². The van der Waals surface area contributed by atoms with E-state index in [2.05, 4.69) is 5.10 Å². The van der Waals surface area contributed by atoms with Gasteiger partial charge >= 0.3 is 5.97 Å². The van der Waals surface area contributed by atoms with E-state index in [0.717, 1.165) is 12.1 Å². The molecule has 0 N–H and O–H groups in total. The third kappa shape index (κ3) is 4.03. The largest absolute Gasteiger partial charge is 0.459 e. The van der Waals surface area contributed by atoms with Gasteiger partial charge in [-0.25, -0.2) is 0 Å². The average molecular weight is 325 g/mol. The van der Waals surface area contributed by atoms with Gasteiger partial charge in [0.25, 0.3) is 0 Å². The summed E-state index contributed by atoms with van der Waals surface area (Å²) < 4.78 is 7.03. The fraction of sp³-hybridized carbons (Fsp3) is 0.667. The first-order valence-electron chi connectivity index (χ1n) is 7.36. The first-order valence-corrected chi connectivity index (χ1v) is 8.30. The van der Waals surface area contributed by atoms with Crippen LogP contribution in [0.2, 0.25) is 0 Å². The van der Waals surface area contributed by atoms with E-state index in [-0.39, 0.29) is 22.4 Å². The lowest BCUT2D eigenvalue weighted by Crippen LogP contribution is -2.32. The van der Waals surface area contributed by atoms with Crippen LogP contribution < -0.4 is 4.90 Å². The number of nitrogens with zero attached hydrogens (tertiary/aromatic N) is 3. The van der Waals surface area contributed by atoms with E-state index >= 15 is 0 Å². The van der Waals surface area contributed by atoms with E-state index in [1.165, 1.54) is 11.8 Å². The van der Waals surface area contributed by atoms with Crippen molar-refractivity contribution < 1.29 is 14.3 Å². The molecule has 1 aliphatic rings. The molecule has 2 unspecified atom stereocenters. The lowest BCUT2D eigenvalue weighted by atomic mass is 10.2. The summed E-state index contributed by atoms with van der Waals surface area (Å²) in [5.41, 5.74) is 0.299. The van der Waals surface area contributed by atoms with Crippen molar-refractivity contribution in [1.82, 2.24) is 9.78 Å². The van der Waals surface area contributed by atoms with E-state index < -0.39 is 5.60 Å². The van der Waals surface area contributed by atoms with Crippen LogP contribution in [0.5, 0.6) is 0 Å². The second kappa shape index (κ2) is 6.32. The summed E-state index contributed by atoms with van der Waals surface area (Å²) in [4.78, 5) is 26.2. The third-order valence-electron chi connectivity index (χ3n) is 3.27. The van der Waals surface area contributed by atoms with Crippen LogP contribution in [0.1, 0.15) is 34.1 Å². The number of rotatable bonds is 4. The molecule has 2 rings (SSSR count). The second-order valence-electron chi connectivity index (χ2n) is 6.45. The van der Waals surface area contributed by atoms with Gasteiger partial charge in [0, 0.05) is 19.8 Å². The Hall–Kier alpha value is -1.50. The molecule has 2 atom stereocenters. The van der Waals surface area contributed by atoms with Crippen molar-refractivity contribution in [3.63, 3.8) is 0 Å². The zero-order valence-electron chi connectivity index (χ0n) is 13.7. The number of aryl methyl sites for hydroxylation is 1. The number of hydrogen-bond acceptors (Lipinski definition) is 5. The summed E-state index contributed by atoms with van der Waals surface area (Å²) in [6.45, 7) is 7.97. The van der Waals surface area contributed by atoms with E-state index in [4.69, 9.17) is 4.74 Å². The van der Waals surface area contributed by atoms with E-state index in [0.29, 0.717) is 6.54 Å². The molecular formula is C15H23N3O3S. The molecule has 1 saturated heterocycles. The van der Waals surface area contributed by atoms with Crippen LogP contribution in [0.15, 0.2) is 12.4 Å². The van der Waals surface area contributed by atoms with Gasteiger partial charge in [-0.3, -0.25) is 14.3 Å². The molecule has 0 bridgehead atoms. The highest BCUT2D eigenvalue weighted by Gasteiger charge is 2.36. The second-order valence-corrected chi connectivity index (χ2v) is 8.00. The van der Waals surface area contributed by atoms with Gasteiger partial charge in [0.2, 0.25) is 5.91 Å². The maximum Gasteiger partial charge on any atom is 0.319 e. The fourth-order valence-electron chi connectivity index (χ4n) is 2.27. The van der Waals surface area contributed by atoms with Crippen LogP contribution in [0.4, 0.5) is 5.69 Å². The van der Waals surface area contributed by atoms with Crippen molar-refractivity contribution in [2.75, 3.05) is 11.4 Å². The Balaban J connectivity index is 1.94. The number of aromatic nitrogens is 2. The standard InChI is InChI=1S/C15H23N3O3S/c1-10(14(20)21-15(2,3)4)22-12-6-7-18(13(12)19)11-8-16-17(5)9-11/h8-10,12H,6-7H2,1-5H3. The van der Waals surface area contributed by atoms with Gasteiger partial charge in [-0.05, 0) is 34.1 Å². The molecule has 0 spiro atoms. The van der Waals surface area contributed by atoms with Crippen molar-refractivity contribution in [2.45, 2.75) is 50.2 Å². The minimum Gasteiger partial charge on any atom is -0.459 e. The number of thioether (sulfide) groups is 1. The van der Waals surface area contributed by atoms with Crippen molar-refractivity contribution in [3.8, 4) is 0 Å². The molecule has 2 heterocycles. The van der Waals surface area contributed by atoms with Crippen molar-refractivity contribution in [1.29, 1.82) is 0 Å². The maximum absolute atomic E-state index is 12.5. The molecule has 6 nitrogen and oxygen atoms in total. The SMILES string of the molecule is CC(SC1CCN(c2cnn(C)c2)C1=O)C(=O)OC(C)(C)C. The fourth-order valence-corrected chi connectivity index (χ4v) is 3.41. The van der Waals surface area contributed by atoms with Crippen molar-refractivity contribution in [2.24, 2.45) is 7.05 Å². The zero-order chi connectivity index (χ0) is 16.5. The molecule has 0 aromatic carbocycles. The van der Waals surface area contributed by atoms with Gasteiger partial charge in [0.15, 0.2) is 0 Å². The summed E-state index contributed by atoms with van der Waals surface area (Å²) in [6.07, 6.45) is 4.23. The molecule has 1 aromatic rings. The smallest absolute Gasteiger partial charge is 0.319 e. The van der Waals surface area contributed by atoms with Crippen LogP contribution in [-0.2, 0) is 21.4 Å². The molecule has 1 aromatic heterocycles. The highest BCUT2D eigenvalue weighted by atomic mass is 32.2. The van der Waals surface area contributed by atoms with Gasteiger partial charge in [0.1, 0.15) is 10.9 Å². The van der Waals surface area contributed by atoms with Crippen LogP contribution in [0, 0.1) is 0 Å². The summed E-state index contributed by atoms with van der Waals surface area (Å²) in [5.74, 6) is -0.237. The lowest BCUT2D eigenvalue weighted by Gasteiger charge is -2.23. The normalized spacial score (nSPS) is 20.3. The van der Waals surface area contributed by atoms with Gasteiger partial charge in [-0.15, -0.1) is 11.8 Å². The summed E-state index contributed by atoms with van der Waals surface area (Å²) in [7, 11) is 1.82. The summed E-state index contributed by atoms with van der Waals surface area (Å²) in [5, 5.41) is 3.53. The third-order valence-corrected chi connectivity index (χ3v) is 4.63. The Bertz CT molecular complexity index is 565. The first-order chi connectivity index (χ1) is 10.2. The molecule has 1 fully saturated rings. The van der Waals surface area contributed by atoms with Crippen molar-refractivity contribution in [3.05, 3.63) is 12.4 Å². The Morgan fingerprint density at radius 2 is 2.18 bits per heavy atom. The number of carbonyl (C=O) groups is 2. The average Bonchev–Trinajstić information content (AvgIpc) is 2.95. The molecule has 0 radical (unpaired) electrons. The molecule has 1 amide bonds. The number of hydrogen-bond donors (Lipinski definition) is 0. The quantitative estimate of drug-likeness (QED) is 0.792. The Labute approximate surface area is 135 Å². The number of carbonyl (C=O) groups excluding carboxylic acids is 2. The summed E-state index contributed by atoms with van der Waals surface area (Å²) in [6, 6.07) is 0. The minimum absolute atomic E-state index is 0.0356. The summed E-state index contributed by atoms with van der Waals surface area (Å²) >= 11 is 1.38. The molecule has 0 saturated carbocycles. The monoisotopic (exact) mass is 325 g/mol. The van der Waals surface area contributed by atoms with Crippen LogP contribution in [-0.4, -0.2) is 44.3 Å². The van der Waals surface area contributed by atoms with Gasteiger partial charge < -0.3 is 9.64 Å². The first kappa shape index (κ1) is 16.9. The molecular weight excluding hydrogens is 302 g/mol. The number of amides is 1.